The minimum Gasteiger partial charge on any atom is -0.466 e. The van der Waals surface area contributed by atoms with Gasteiger partial charge in [0.05, 0.1) is 24.1 Å². The molecule has 0 saturated heterocycles. The highest BCUT2D eigenvalue weighted by molar-refractivity contribution is 5.83. The van der Waals surface area contributed by atoms with Crippen molar-refractivity contribution < 1.29 is 9.53 Å². The first-order chi connectivity index (χ1) is 13.2. The van der Waals surface area contributed by atoms with Crippen molar-refractivity contribution in [2.24, 2.45) is 0 Å². The molecule has 27 heavy (non-hydrogen) atoms. The first kappa shape index (κ1) is 17.0. The van der Waals surface area contributed by atoms with E-state index in [4.69, 9.17) is 4.74 Å². The molecule has 2 aromatic heterocycles. The summed E-state index contributed by atoms with van der Waals surface area (Å²) in [6, 6.07) is 18.1. The van der Waals surface area contributed by atoms with E-state index in [9.17, 15) is 4.79 Å². The Morgan fingerprint density at radius 1 is 1.00 bits per heavy atom. The second kappa shape index (κ2) is 7.41. The van der Waals surface area contributed by atoms with Gasteiger partial charge in [0.25, 0.3) is 0 Å². The molecule has 2 aromatic carbocycles. The summed E-state index contributed by atoms with van der Waals surface area (Å²) in [6.07, 6.45) is 5.68. The number of esters is 1. The Morgan fingerprint density at radius 2 is 1.78 bits per heavy atom. The molecule has 0 spiro atoms. The van der Waals surface area contributed by atoms with E-state index >= 15 is 0 Å². The standard InChI is InChI=1S/C22H19N3O2/c1-2-27-22(26)13-16-3-6-19(7-4-16)25-15-24-20-14-18(5-8-21(20)25)17-9-11-23-12-10-17/h3-12,14-15H,2,13H2,1H3. The van der Waals surface area contributed by atoms with Gasteiger partial charge < -0.3 is 4.74 Å². The molecule has 0 aliphatic carbocycles. The quantitative estimate of drug-likeness (QED) is 0.503. The summed E-state index contributed by atoms with van der Waals surface area (Å²) in [6.45, 7) is 2.21. The zero-order valence-electron chi connectivity index (χ0n) is 15.0. The summed E-state index contributed by atoms with van der Waals surface area (Å²) in [5, 5.41) is 0. The van der Waals surface area contributed by atoms with Crippen LogP contribution in [-0.2, 0) is 16.0 Å². The lowest BCUT2D eigenvalue weighted by atomic mass is 10.1. The molecular formula is C22H19N3O2. The van der Waals surface area contributed by atoms with Gasteiger partial charge in [-0.15, -0.1) is 0 Å². The molecule has 0 aliphatic rings. The lowest BCUT2D eigenvalue weighted by Gasteiger charge is -2.07. The predicted octanol–water partition coefficient (Wildman–Crippen LogP) is 4.19. The van der Waals surface area contributed by atoms with Crippen molar-refractivity contribution in [3.63, 3.8) is 0 Å². The van der Waals surface area contributed by atoms with E-state index in [0.717, 1.165) is 33.4 Å². The first-order valence-electron chi connectivity index (χ1n) is 8.87. The largest absolute Gasteiger partial charge is 0.466 e. The fourth-order valence-corrected chi connectivity index (χ4v) is 3.10. The second-order valence-corrected chi connectivity index (χ2v) is 6.20. The van der Waals surface area contributed by atoms with Gasteiger partial charge >= 0.3 is 5.97 Å². The van der Waals surface area contributed by atoms with Crippen LogP contribution in [0.15, 0.2) is 73.3 Å². The summed E-state index contributed by atoms with van der Waals surface area (Å²) < 4.78 is 7.04. The van der Waals surface area contributed by atoms with E-state index in [0.29, 0.717) is 6.61 Å². The molecule has 0 radical (unpaired) electrons. The SMILES string of the molecule is CCOC(=O)Cc1ccc(-n2cnc3cc(-c4ccncc4)ccc32)cc1. The number of rotatable bonds is 5. The van der Waals surface area contributed by atoms with E-state index in [-0.39, 0.29) is 12.4 Å². The molecule has 0 N–H and O–H groups in total. The normalized spacial score (nSPS) is 10.9. The zero-order valence-corrected chi connectivity index (χ0v) is 15.0. The van der Waals surface area contributed by atoms with E-state index in [1.807, 2.05) is 54.2 Å². The number of hydrogen-bond donors (Lipinski definition) is 0. The zero-order chi connectivity index (χ0) is 18.6. The minimum atomic E-state index is -0.207. The minimum absolute atomic E-state index is 0.207. The van der Waals surface area contributed by atoms with E-state index in [1.54, 1.807) is 12.4 Å². The van der Waals surface area contributed by atoms with Gasteiger partial charge in [0.1, 0.15) is 6.33 Å². The molecule has 134 valence electrons. The number of nitrogens with zero attached hydrogens (tertiary/aromatic N) is 3. The van der Waals surface area contributed by atoms with Crippen LogP contribution in [0.2, 0.25) is 0 Å². The molecule has 0 bridgehead atoms. The predicted molar refractivity (Wildman–Crippen MR) is 105 cm³/mol. The van der Waals surface area contributed by atoms with Crippen LogP contribution in [0.25, 0.3) is 27.8 Å². The van der Waals surface area contributed by atoms with Crippen LogP contribution in [-0.4, -0.2) is 27.1 Å². The van der Waals surface area contributed by atoms with Gasteiger partial charge in [-0.3, -0.25) is 14.3 Å². The Morgan fingerprint density at radius 3 is 2.52 bits per heavy atom. The first-order valence-corrected chi connectivity index (χ1v) is 8.87. The number of ether oxygens (including phenoxy) is 1. The van der Waals surface area contributed by atoms with Gasteiger partial charge in [0.15, 0.2) is 0 Å². The number of carbonyl (C=O) groups excluding carboxylic acids is 1. The van der Waals surface area contributed by atoms with Crippen molar-refractivity contribution in [1.29, 1.82) is 0 Å². The number of fused-ring (bicyclic) bond motifs is 1. The van der Waals surface area contributed by atoms with Gasteiger partial charge in [-0.05, 0) is 60.0 Å². The average Bonchev–Trinajstić information content (AvgIpc) is 3.13. The Kier molecular flexibility index (Phi) is 4.66. The number of hydrogen-bond acceptors (Lipinski definition) is 4. The van der Waals surface area contributed by atoms with Gasteiger partial charge in [-0.2, -0.15) is 0 Å². The third-order valence-electron chi connectivity index (χ3n) is 4.43. The molecule has 0 saturated carbocycles. The molecule has 4 aromatic rings. The molecule has 2 heterocycles. The third-order valence-corrected chi connectivity index (χ3v) is 4.43. The summed E-state index contributed by atoms with van der Waals surface area (Å²) in [5.74, 6) is -0.207. The third kappa shape index (κ3) is 3.58. The summed E-state index contributed by atoms with van der Waals surface area (Å²) in [7, 11) is 0. The molecule has 0 atom stereocenters. The maximum Gasteiger partial charge on any atom is 0.310 e. The van der Waals surface area contributed by atoms with E-state index in [2.05, 4.69) is 28.2 Å². The fraction of sp³-hybridized carbons (Fsp3) is 0.136. The van der Waals surface area contributed by atoms with Crippen LogP contribution in [0.4, 0.5) is 0 Å². The topological polar surface area (TPSA) is 57.0 Å². The number of pyridine rings is 1. The average molecular weight is 357 g/mol. The van der Waals surface area contributed by atoms with Crippen LogP contribution >= 0.6 is 0 Å². The molecule has 0 aliphatic heterocycles. The van der Waals surface area contributed by atoms with Crippen LogP contribution in [0.1, 0.15) is 12.5 Å². The van der Waals surface area contributed by atoms with E-state index in [1.165, 1.54) is 0 Å². The summed E-state index contributed by atoms with van der Waals surface area (Å²) in [4.78, 5) is 20.2. The van der Waals surface area contributed by atoms with Gasteiger partial charge in [-0.25, -0.2) is 4.98 Å². The smallest absolute Gasteiger partial charge is 0.310 e. The highest BCUT2D eigenvalue weighted by atomic mass is 16.5. The maximum atomic E-state index is 11.6. The van der Waals surface area contributed by atoms with Gasteiger partial charge in [0.2, 0.25) is 0 Å². The number of benzene rings is 2. The lowest BCUT2D eigenvalue weighted by molar-refractivity contribution is -0.142. The summed E-state index contributed by atoms with van der Waals surface area (Å²) in [5.41, 5.74) is 6.12. The van der Waals surface area contributed by atoms with Crippen molar-refractivity contribution >= 4 is 17.0 Å². The Balaban J connectivity index is 1.61. The van der Waals surface area contributed by atoms with E-state index < -0.39 is 0 Å². The summed E-state index contributed by atoms with van der Waals surface area (Å²) >= 11 is 0. The van der Waals surface area contributed by atoms with Crippen molar-refractivity contribution in [3.05, 3.63) is 78.9 Å². The Bertz CT molecular complexity index is 1070. The van der Waals surface area contributed by atoms with Crippen LogP contribution in [0, 0.1) is 0 Å². The maximum absolute atomic E-state index is 11.6. The number of carbonyl (C=O) groups is 1. The second-order valence-electron chi connectivity index (χ2n) is 6.20. The molecular weight excluding hydrogens is 338 g/mol. The molecule has 0 amide bonds. The van der Waals surface area contributed by atoms with Crippen molar-refractivity contribution in [3.8, 4) is 16.8 Å². The van der Waals surface area contributed by atoms with Gasteiger partial charge in [-0.1, -0.05) is 18.2 Å². The fourth-order valence-electron chi connectivity index (χ4n) is 3.10. The van der Waals surface area contributed by atoms with Gasteiger partial charge in [0, 0.05) is 18.1 Å². The highest BCUT2D eigenvalue weighted by Crippen LogP contribution is 2.25. The Labute approximate surface area is 157 Å². The lowest BCUT2D eigenvalue weighted by Crippen LogP contribution is -2.07. The van der Waals surface area contributed by atoms with Crippen molar-refractivity contribution in [2.75, 3.05) is 6.61 Å². The molecule has 0 fully saturated rings. The van der Waals surface area contributed by atoms with Crippen LogP contribution in [0.5, 0.6) is 0 Å². The molecule has 5 nitrogen and oxygen atoms in total. The number of aromatic nitrogens is 3. The van der Waals surface area contributed by atoms with Crippen molar-refractivity contribution in [1.82, 2.24) is 14.5 Å². The monoisotopic (exact) mass is 357 g/mol. The molecule has 5 heteroatoms. The number of imidazole rings is 1. The highest BCUT2D eigenvalue weighted by Gasteiger charge is 2.08. The van der Waals surface area contributed by atoms with Crippen LogP contribution in [0.3, 0.4) is 0 Å². The van der Waals surface area contributed by atoms with Crippen LogP contribution < -0.4 is 0 Å². The van der Waals surface area contributed by atoms with Crippen molar-refractivity contribution in [2.45, 2.75) is 13.3 Å². The molecule has 0 unspecified atom stereocenters. The Hall–Kier alpha value is -3.47. The molecule has 4 rings (SSSR count).